The van der Waals surface area contributed by atoms with Gasteiger partial charge in [-0.05, 0) is 32.9 Å². The molecular formula is C11H18N2O2S. The van der Waals surface area contributed by atoms with Crippen molar-refractivity contribution in [3.05, 3.63) is 11.1 Å². The minimum atomic E-state index is -3.20. The van der Waals surface area contributed by atoms with E-state index in [4.69, 9.17) is 0 Å². The summed E-state index contributed by atoms with van der Waals surface area (Å²) in [4.78, 5) is 6.32. The van der Waals surface area contributed by atoms with Crippen LogP contribution < -0.4 is 0 Å². The van der Waals surface area contributed by atoms with Crippen molar-refractivity contribution in [2.45, 2.75) is 32.6 Å². The van der Waals surface area contributed by atoms with Gasteiger partial charge in [0.2, 0.25) is 9.84 Å². The van der Waals surface area contributed by atoms with E-state index in [0.29, 0.717) is 17.3 Å². The maximum atomic E-state index is 11.7. The van der Waals surface area contributed by atoms with Gasteiger partial charge in [-0.2, -0.15) is 0 Å². The predicted molar refractivity (Wildman–Crippen MR) is 65.0 cm³/mol. The summed E-state index contributed by atoms with van der Waals surface area (Å²) in [7, 11) is -3.20. The maximum absolute atomic E-state index is 11.7. The van der Waals surface area contributed by atoms with Gasteiger partial charge in [-0.3, -0.25) is 4.90 Å². The summed E-state index contributed by atoms with van der Waals surface area (Å²) in [6, 6.07) is 0. The number of rotatable bonds is 2. The highest BCUT2D eigenvalue weighted by Gasteiger charge is 2.25. The van der Waals surface area contributed by atoms with Crippen molar-refractivity contribution < 1.29 is 8.42 Å². The van der Waals surface area contributed by atoms with Crippen LogP contribution in [0.5, 0.6) is 0 Å². The Morgan fingerprint density at radius 1 is 1.25 bits per heavy atom. The van der Waals surface area contributed by atoms with E-state index < -0.39 is 9.84 Å². The quantitative estimate of drug-likeness (QED) is 0.738. The Kier molecular flexibility index (Phi) is 3.44. The molecular weight excluding hydrogens is 224 g/mol. The summed E-state index contributed by atoms with van der Waals surface area (Å²) in [5.74, 6) is 0. The minimum Gasteiger partial charge on any atom is -0.297 e. The molecule has 0 aliphatic carbocycles. The van der Waals surface area contributed by atoms with Crippen LogP contribution in [-0.4, -0.2) is 38.0 Å². The molecule has 0 atom stereocenters. The molecule has 2 aliphatic rings. The molecule has 4 nitrogen and oxygen atoms in total. The molecule has 0 radical (unpaired) electrons. The van der Waals surface area contributed by atoms with E-state index in [0.717, 1.165) is 13.1 Å². The molecule has 2 rings (SSSR count). The van der Waals surface area contributed by atoms with Gasteiger partial charge in [0.15, 0.2) is 5.04 Å². The van der Waals surface area contributed by atoms with Crippen LogP contribution in [0.4, 0.5) is 0 Å². The van der Waals surface area contributed by atoms with Crippen molar-refractivity contribution in [2.24, 2.45) is 4.99 Å². The van der Waals surface area contributed by atoms with Crippen LogP contribution in [0.15, 0.2) is 16.1 Å². The van der Waals surface area contributed by atoms with Gasteiger partial charge in [0.25, 0.3) is 0 Å². The summed E-state index contributed by atoms with van der Waals surface area (Å²) in [5, 5.41) is 1.59. The monoisotopic (exact) mass is 242 g/mol. The third-order valence-corrected chi connectivity index (χ3v) is 4.54. The van der Waals surface area contributed by atoms with Crippen LogP contribution in [0.1, 0.15) is 32.6 Å². The van der Waals surface area contributed by atoms with Gasteiger partial charge in [0, 0.05) is 0 Å². The second kappa shape index (κ2) is 4.67. The van der Waals surface area contributed by atoms with Crippen LogP contribution in [0.3, 0.4) is 0 Å². The molecule has 90 valence electrons. The van der Waals surface area contributed by atoms with E-state index in [9.17, 15) is 8.42 Å². The Morgan fingerprint density at radius 3 is 2.38 bits per heavy atom. The second-order valence-electron chi connectivity index (χ2n) is 4.50. The maximum Gasteiger partial charge on any atom is 0.216 e. The Labute approximate surface area is 97.0 Å². The van der Waals surface area contributed by atoms with E-state index in [1.807, 2.05) is 0 Å². The normalized spacial score (nSPS) is 26.1. The zero-order chi connectivity index (χ0) is 11.6. The van der Waals surface area contributed by atoms with E-state index >= 15 is 0 Å². The minimum absolute atomic E-state index is 0.326. The average Bonchev–Trinajstić information content (AvgIpc) is 2.43. The molecule has 0 bridgehead atoms. The lowest BCUT2D eigenvalue weighted by Gasteiger charge is -2.18. The van der Waals surface area contributed by atoms with E-state index in [2.05, 4.69) is 9.89 Å². The first-order valence-corrected chi connectivity index (χ1v) is 7.36. The first-order valence-electron chi connectivity index (χ1n) is 5.81. The van der Waals surface area contributed by atoms with Crippen LogP contribution >= 0.6 is 0 Å². The first-order chi connectivity index (χ1) is 7.58. The highest BCUT2D eigenvalue weighted by molar-refractivity contribution is 8.09. The van der Waals surface area contributed by atoms with E-state index in [-0.39, 0.29) is 0 Å². The lowest BCUT2D eigenvalue weighted by Crippen LogP contribution is -2.32. The second-order valence-corrected chi connectivity index (χ2v) is 6.30. The summed E-state index contributed by atoms with van der Waals surface area (Å²) >= 11 is 0. The highest BCUT2D eigenvalue weighted by atomic mass is 32.2. The van der Waals surface area contributed by atoms with Crippen LogP contribution in [0.2, 0.25) is 0 Å². The van der Waals surface area contributed by atoms with Crippen LogP contribution in [0, 0.1) is 0 Å². The van der Waals surface area contributed by atoms with Gasteiger partial charge in [-0.25, -0.2) is 13.4 Å². The number of allylic oxidation sites excluding steroid dienone is 1. The Hall–Kier alpha value is -0.680. The van der Waals surface area contributed by atoms with Crippen molar-refractivity contribution in [2.75, 3.05) is 19.6 Å². The fourth-order valence-electron chi connectivity index (χ4n) is 2.19. The molecule has 0 aromatic heterocycles. The van der Waals surface area contributed by atoms with Crippen molar-refractivity contribution in [1.82, 2.24) is 4.90 Å². The Morgan fingerprint density at radius 2 is 1.88 bits per heavy atom. The van der Waals surface area contributed by atoms with Gasteiger partial charge in [0.1, 0.15) is 0 Å². The Bertz CT molecular complexity index is 415. The molecule has 0 saturated carbocycles. The molecule has 5 heteroatoms. The summed E-state index contributed by atoms with van der Waals surface area (Å²) in [6.07, 6.45) is 4.85. The summed E-state index contributed by atoms with van der Waals surface area (Å²) in [6.45, 7) is 4.20. The zero-order valence-corrected chi connectivity index (χ0v) is 10.5. The SMILES string of the molecule is CC1=CS(=O)(=O)C(CN2CCCCCC2)=N1. The predicted octanol–water partition coefficient (Wildman–Crippen LogP) is 1.55. The van der Waals surface area contributed by atoms with Gasteiger partial charge in [-0.15, -0.1) is 0 Å². The average molecular weight is 242 g/mol. The Balaban J connectivity index is 2.03. The number of nitrogens with zero attached hydrogens (tertiary/aromatic N) is 2. The zero-order valence-electron chi connectivity index (χ0n) is 9.65. The molecule has 0 aromatic carbocycles. The number of likely N-dealkylation sites (tertiary alicyclic amines) is 1. The molecule has 1 fully saturated rings. The standard InChI is InChI=1S/C11H18N2O2S/c1-10-9-16(14,15)11(12-10)8-13-6-4-2-3-5-7-13/h9H,2-8H2,1H3. The third-order valence-electron chi connectivity index (χ3n) is 3.01. The number of aliphatic imine (C=N–C) groups is 1. The number of hydrogen-bond donors (Lipinski definition) is 0. The van der Waals surface area contributed by atoms with Crippen LogP contribution in [0.25, 0.3) is 0 Å². The van der Waals surface area contributed by atoms with Gasteiger partial charge >= 0.3 is 0 Å². The fourth-order valence-corrected chi connectivity index (χ4v) is 3.46. The van der Waals surface area contributed by atoms with E-state index in [1.54, 1.807) is 6.92 Å². The van der Waals surface area contributed by atoms with Gasteiger partial charge in [0.05, 0.1) is 17.6 Å². The fraction of sp³-hybridized carbons (Fsp3) is 0.727. The molecule has 0 N–H and O–H groups in total. The topological polar surface area (TPSA) is 49.7 Å². The van der Waals surface area contributed by atoms with Gasteiger partial charge in [-0.1, -0.05) is 12.8 Å². The number of sulfone groups is 1. The lowest BCUT2D eigenvalue weighted by atomic mass is 10.2. The summed E-state index contributed by atoms with van der Waals surface area (Å²) in [5.41, 5.74) is 0.602. The summed E-state index contributed by atoms with van der Waals surface area (Å²) < 4.78 is 23.4. The van der Waals surface area contributed by atoms with Gasteiger partial charge < -0.3 is 0 Å². The van der Waals surface area contributed by atoms with Crippen molar-refractivity contribution in [3.8, 4) is 0 Å². The highest BCUT2D eigenvalue weighted by Crippen LogP contribution is 2.16. The van der Waals surface area contributed by atoms with E-state index in [1.165, 1.54) is 31.1 Å². The number of hydrogen-bond acceptors (Lipinski definition) is 4. The molecule has 1 saturated heterocycles. The largest absolute Gasteiger partial charge is 0.297 e. The molecule has 16 heavy (non-hydrogen) atoms. The molecule has 0 aromatic rings. The molecule has 0 spiro atoms. The third kappa shape index (κ3) is 2.71. The molecule has 2 heterocycles. The van der Waals surface area contributed by atoms with Crippen molar-refractivity contribution in [1.29, 1.82) is 0 Å². The molecule has 2 aliphatic heterocycles. The first kappa shape index (κ1) is 11.8. The smallest absolute Gasteiger partial charge is 0.216 e. The van der Waals surface area contributed by atoms with Crippen molar-refractivity contribution in [3.63, 3.8) is 0 Å². The molecule has 0 amide bonds. The molecule has 0 unspecified atom stereocenters. The van der Waals surface area contributed by atoms with Crippen molar-refractivity contribution >= 4 is 14.9 Å². The van der Waals surface area contributed by atoms with Crippen LogP contribution in [-0.2, 0) is 9.84 Å². The lowest BCUT2D eigenvalue weighted by molar-refractivity contribution is 0.326.